The van der Waals surface area contributed by atoms with Crippen molar-refractivity contribution in [2.45, 2.75) is 19.4 Å². The fourth-order valence-electron chi connectivity index (χ4n) is 1.24. The number of hydrogen-bond acceptors (Lipinski definition) is 4. The Morgan fingerprint density at radius 3 is 2.92 bits per heavy atom. The van der Waals surface area contributed by atoms with Crippen molar-refractivity contribution >= 4 is 11.9 Å². The molecule has 0 bridgehead atoms. The van der Waals surface area contributed by atoms with Crippen LogP contribution in [0.25, 0.3) is 0 Å². The Bertz CT molecular complexity index is 216. The SMILES string of the molecule is CCOC(=O)CN1CC[C@@H](O)C1=O. The molecule has 5 nitrogen and oxygen atoms in total. The van der Waals surface area contributed by atoms with Gasteiger partial charge in [-0.05, 0) is 13.3 Å². The van der Waals surface area contributed by atoms with Crippen molar-refractivity contribution in [3.05, 3.63) is 0 Å². The average Bonchev–Trinajstić information content (AvgIpc) is 2.37. The molecule has 1 aliphatic rings. The Kier molecular flexibility index (Phi) is 3.25. The summed E-state index contributed by atoms with van der Waals surface area (Å²) < 4.78 is 4.67. The van der Waals surface area contributed by atoms with Crippen LogP contribution in [0.15, 0.2) is 0 Å². The summed E-state index contributed by atoms with van der Waals surface area (Å²) in [5.74, 6) is -0.807. The highest BCUT2D eigenvalue weighted by Gasteiger charge is 2.30. The zero-order valence-electron chi connectivity index (χ0n) is 7.52. The van der Waals surface area contributed by atoms with E-state index in [4.69, 9.17) is 5.11 Å². The number of aliphatic hydroxyl groups excluding tert-OH is 1. The molecule has 1 N–H and O–H groups in total. The lowest BCUT2D eigenvalue weighted by Gasteiger charge is -2.13. The van der Waals surface area contributed by atoms with Crippen LogP contribution >= 0.6 is 0 Å². The number of carbonyl (C=O) groups is 2. The van der Waals surface area contributed by atoms with Gasteiger partial charge in [0.15, 0.2) is 0 Å². The van der Waals surface area contributed by atoms with Crippen molar-refractivity contribution in [2.24, 2.45) is 0 Å². The van der Waals surface area contributed by atoms with E-state index < -0.39 is 12.1 Å². The standard InChI is InChI=1S/C8H13NO4/c1-2-13-7(11)5-9-4-3-6(10)8(9)12/h6,10H,2-5H2,1H3/t6-/m1/s1. The molecule has 0 spiro atoms. The maximum atomic E-state index is 11.1. The zero-order chi connectivity index (χ0) is 9.84. The summed E-state index contributed by atoms with van der Waals surface area (Å²) in [5.41, 5.74) is 0. The van der Waals surface area contributed by atoms with Gasteiger partial charge in [0.25, 0.3) is 5.91 Å². The molecule has 0 saturated carbocycles. The molecule has 1 atom stereocenters. The monoisotopic (exact) mass is 187 g/mol. The molecule has 1 amide bonds. The van der Waals surface area contributed by atoms with Gasteiger partial charge in [-0.1, -0.05) is 0 Å². The van der Waals surface area contributed by atoms with Gasteiger partial charge in [-0.3, -0.25) is 9.59 Å². The predicted octanol–water partition coefficient (Wildman–Crippen LogP) is -0.857. The number of carbonyl (C=O) groups excluding carboxylic acids is 2. The highest BCUT2D eigenvalue weighted by Crippen LogP contribution is 2.09. The molecule has 0 aromatic rings. The number of nitrogens with zero attached hydrogens (tertiary/aromatic N) is 1. The fraction of sp³-hybridized carbons (Fsp3) is 0.750. The van der Waals surface area contributed by atoms with Crippen molar-refractivity contribution in [2.75, 3.05) is 19.7 Å². The topological polar surface area (TPSA) is 66.8 Å². The van der Waals surface area contributed by atoms with E-state index in [-0.39, 0.29) is 12.5 Å². The van der Waals surface area contributed by atoms with E-state index >= 15 is 0 Å². The molecule has 0 radical (unpaired) electrons. The second-order valence-electron chi connectivity index (χ2n) is 2.87. The van der Waals surface area contributed by atoms with Crippen molar-refractivity contribution in [3.8, 4) is 0 Å². The Balaban J connectivity index is 2.38. The Hall–Kier alpha value is -1.10. The Morgan fingerprint density at radius 2 is 2.46 bits per heavy atom. The van der Waals surface area contributed by atoms with Gasteiger partial charge in [0.2, 0.25) is 0 Å². The largest absolute Gasteiger partial charge is 0.465 e. The van der Waals surface area contributed by atoms with Gasteiger partial charge in [0.1, 0.15) is 12.6 Å². The Labute approximate surface area is 76.3 Å². The van der Waals surface area contributed by atoms with Crippen LogP contribution in [0.1, 0.15) is 13.3 Å². The predicted molar refractivity (Wildman–Crippen MR) is 43.8 cm³/mol. The normalized spacial score (nSPS) is 22.2. The quantitative estimate of drug-likeness (QED) is 0.584. The van der Waals surface area contributed by atoms with E-state index in [1.54, 1.807) is 6.92 Å². The second kappa shape index (κ2) is 4.23. The average molecular weight is 187 g/mol. The van der Waals surface area contributed by atoms with Gasteiger partial charge in [0, 0.05) is 6.54 Å². The highest BCUT2D eigenvalue weighted by atomic mass is 16.5. The minimum Gasteiger partial charge on any atom is -0.465 e. The number of aliphatic hydroxyl groups is 1. The molecule has 1 aliphatic heterocycles. The van der Waals surface area contributed by atoms with Crippen molar-refractivity contribution in [1.29, 1.82) is 0 Å². The molecule has 0 unspecified atom stereocenters. The molecule has 1 saturated heterocycles. The molecule has 1 rings (SSSR count). The lowest BCUT2D eigenvalue weighted by molar-refractivity contribution is -0.148. The van der Waals surface area contributed by atoms with Crippen molar-refractivity contribution in [1.82, 2.24) is 4.90 Å². The number of rotatable bonds is 3. The van der Waals surface area contributed by atoms with E-state index in [0.717, 1.165) is 0 Å². The van der Waals surface area contributed by atoms with Crippen LogP contribution in [0, 0.1) is 0 Å². The van der Waals surface area contributed by atoms with Gasteiger partial charge in [-0.25, -0.2) is 0 Å². The summed E-state index contributed by atoms with van der Waals surface area (Å²) in [6.07, 6.45) is -0.535. The molecular formula is C8H13NO4. The van der Waals surface area contributed by atoms with E-state index in [1.165, 1.54) is 4.90 Å². The first-order chi connectivity index (χ1) is 6.15. The summed E-state index contributed by atoms with van der Waals surface area (Å²) in [5, 5.41) is 9.07. The zero-order valence-corrected chi connectivity index (χ0v) is 7.52. The van der Waals surface area contributed by atoms with Crippen LogP contribution in [0.5, 0.6) is 0 Å². The number of esters is 1. The number of hydrogen-bond donors (Lipinski definition) is 1. The van der Waals surface area contributed by atoms with Crippen molar-refractivity contribution < 1.29 is 19.4 Å². The van der Waals surface area contributed by atoms with E-state index in [9.17, 15) is 9.59 Å². The van der Waals surface area contributed by atoms with Gasteiger partial charge < -0.3 is 14.7 Å². The number of amides is 1. The first-order valence-electron chi connectivity index (χ1n) is 4.27. The summed E-state index contributed by atoms with van der Waals surface area (Å²) in [4.78, 5) is 23.4. The van der Waals surface area contributed by atoms with Crippen LogP contribution in [-0.2, 0) is 14.3 Å². The summed E-state index contributed by atoms with van der Waals surface area (Å²) in [7, 11) is 0. The third kappa shape index (κ3) is 2.42. The van der Waals surface area contributed by atoms with E-state index in [2.05, 4.69) is 4.74 Å². The molecule has 1 heterocycles. The third-order valence-corrected chi connectivity index (χ3v) is 1.89. The van der Waals surface area contributed by atoms with Gasteiger partial charge in [0.05, 0.1) is 6.61 Å². The van der Waals surface area contributed by atoms with E-state index in [0.29, 0.717) is 19.6 Å². The maximum Gasteiger partial charge on any atom is 0.325 e. The van der Waals surface area contributed by atoms with Crippen LogP contribution in [-0.4, -0.2) is 47.7 Å². The smallest absolute Gasteiger partial charge is 0.325 e. The maximum absolute atomic E-state index is 11.1. The van der Waals surface area contributed by atoms with Gasteiger partial charge in [-0.2, -0.15) is 0 Å². The molecular weight excluding hydrogens is 174 g/mol. The van der Waals surface area contributed by atoms with Gasteiger partial charge in [-0.15, -0.1) is 0 Å². The molecule has 0 aromatic carbocycles. The van der Waals surface area contributed by atoms with Gasteiger partial charge >= 0.3 is 5.97 Å². The number of ether oxygens (including phenoxy) is 1. The van der Waals surface area contributed by atoms with Crippen molar-refractivity contribution in [3.63, 3.8) is 0 Å². The molecule has 13 heavy (non-hydrogen) atoms. The van der Waals surface area contributed by atoms with Crippen LogP contribution in [0.3, 0.4) is 0 Å². The van der Waals surface area contributed by atoms with Crippen LogP contribution in [0.2, 0.25) is 0 Å². The minimum atomic E-state index is -0.936. The molecule has 74 valence electrons. The lowest BCUT2D eigenvalue weighted by atomic mass is 10.3. The Morgan fingerprint density at radius 1 is 1.77 bits per heavy atom. The lowest BCUT2D eigenvalue weighted by Crippen LogP contribution is -2.34. The highest BCUT2D eigenvalue weighted by molar-refractivity contribution is 5.86. The molecule has 0 aliphatic carbocycles. The van der Waals surface area contributed by atoms with Crippen LogP contribution < -0.4 is 0 Å². The summed E-state index contributed by atoms with van der Waals surface area (Å²) >= 11 is 0. The molecule has 0 aromatic heterocycles. The van der Waals surface area contributed by atoms with Crippen LogP contribution in [0.4, 0.5) is 0 Å². The fourth-order valence-corrected chi connectivity index (χ4v) is 1.24. The summed E-state index contributed by atoms with van der Waals surface area (Å²) in [6.45, 7) is 2.39. The second-order valence-corrected chi connectivity index (χ2v) is 2.87. The summed E-state index contributed by atoms with van der Waals surface area (Å²) in [6, 6.07) is 0. The minimum absolute atomic E-state index is 0.0519. The first-order valence-corrected chi connectivity index (χ1v) is 4.27. The number of likely N-dealkylation sites (tertiary alicyclic amines) is 1. The van der Waals surface area contributed by atoms with E-state index in [1.807, 2.05) is 0 Å². The third-order valence-electron chi connectivity index (χ3n) is 1.89. The molecule has 1 fully saturated rings. The first kappa shape index (κ1) is 9.98. The molecule has 5 heteroatoms.